The number of aromatic nitrogens is 3. The Morgan fingerprint density at radius 1 is 1.30 bits per heavy atom. The highest BCUT2D eigenvalue weighted by Gasteiger charge is 2.10. The van der Waals surface area contributed by atoms with Crippen molar-refractivity contribution in [2.75, 3.05) is 7.11 Å². The lowest BCUT2D eigenvalue weighted by atomic mass is 10.1. The molecule has 0 saturated carbocycles. The molecule has 1 amide bonds. The van der Waals surface area contributed by atoms with Gasteiger partial charge in [-0.2, -0.15) is 0 Å². The van der Waals surface area contributed by atoms with E-state index in [9.17, 15) is 4.79 Å². The number of H-pyrrole nitrogens is 1. The molecule has 0 aliphatic rings. The number of amides is 1. The summed E-state index contributed by atoms with van der Waals surface area (Å²) in [4.78, 5) is 22.7. The van der Waals surface area contributed by atoms with Gasteiger partial charge in [0.25, 0.3) is 0 Å². The van der Waals surface area contributed by atoms with Gasteiger partial charge in [0.05, 0.1) is 36.8 Å². The number of fused-ring (bicyclic) bond motifs is 1. The number of ether oxygens (including phenoxy) is 1. The van der Waals surface area contributed by atoms with Gasteiger partial charge < -0.3 is 15.0 Å². The van der Waals surface area contributed by atoms with Crippen molar-refractivity contribution in [3.63, 3.8) is 0 Å². The van der Waals surface area contributed by atoms with Gasteiger partial charge in [-0.25, -0.2) is 9.97 Å². The minimum absolute atomic E-state index is 0.0733. The minimum Gasteiger partial charge on any atom is -0.480 e. The number of carbonyl (C=O) groups is 1. The van der Waals surface area contributed by atoms with E-state index in [1.165, 1.54) is 14.0 Å². The molecule has 0 radical (unpaired) electrons. The van der Waals surface area contributed by atoms with Crippen LogP contribution < -0.4 is 10.1 Å². The van der Waals surface area contributed by atoms with Crippen LogP contribution in [0, 0.1) is 0 Å². The molecule has 0 spiro atoms. The molecular formula is C16H15ClN4O2. The fourth-order valence-corrected chi connectivity index (χ4v) is 2.55. The summed E-state index contributed by atoms with van der Waals surface area (Å²) in [6.45, 7) is 1.93. The fourth-order valence-electron chi connectivity index (χ4n) is 2.28. The van der Waals surface area contributed by atoms with Crippen molar-refractivity contribution in [3.8, 4) is 17.1 Å². The summed E-state index contributed by atoms with van der Waals surface area (Å²) in [5.74, 6) is 0.374. The number of aromatic amines is 1. The number of benzene rings is 1. The molecule has 23 heavy (non-hydrogen) atoms. The van der Waals surface area contributed by atoms with E-state index < -0.39 is 0 Å². The normalized spacial score (nSPS) is 10.7. The van der Waals surface area contributed by atoms with E-state index in [1.54, 1.807) is 12.4 Å². The second-order valence-corrected chi connectivity index (χ2v) is 5.47. The SMILES string of the molecule is COc1cnc(-c2cc3[nH]c(CNC(C)=O)cc3cc2Cl)cn1. The summed E-state index contributed by atoms with van der Waals surface area (Å²) in [6.07, 6.45) is 3.17. The molecule has 2 aromatic heterocycles. The first-order chi connectivity index (χ1) is 11.1. The van der Waals surface area contributed by atoms with Crippen molar-refractivity contribution in [1.82, 2.24) is 20.3 Å². The molecule has 6 nitrogen and oxygen atoms in total. The van der Waals surface area contributed by atoms with Gasteiger partial charge in [-0.15, -0.1) is 0 Å². The van der Waals surface area contributed by atoms with Crippen LogP contribution in [-0.4, -0.2) is 28.0 Å². The molecule has 3 aromatic rings. The smallest absolute Gasteiger partial charge is 0.232 e. The number of carbonyl (C=O) groups excluding carboxylic acids is 1. The number of nitrogens with one attached hydrogen (secondary N) is 2. The van der Waals surface area contributed by atoms with E-state index in [0.717, 1.165) is 22.2 Å². The third-order valence-corrected chi connectivity index (χ3v) is 3.72. The molecule has 0 aliphatic heterocycles. The van der Waals surface area contributed by atoms with Gasteiger partial charge in [-0.1, -0.05) is 11.6 Å². The summed E-state index contributed by atoms with van der Waals surface area (Å²) in [7, 11) is 1.54. The molecular weight excluding hydrogens is 316 g/mol. The number of hydrogen-bond acceptors (Lipinski definition) is 4. The van der Waals surface area contributed by atoms with Crippen molar-refractivity contribution >= 4 is 28.4 Å². The summed E-state index contributed by atoms with van der Waals surface area (Å²) in [5.41, 5.74) is 3.27. The molecule has 0 atom stereocenters. The van der Waals surface area contributed by atoms with E-state index in [-0.39, 0.29) is 5.91 Å². The Morgan fingerprint density at radius 3 is 2.78 bits per heavy atom. The van der Waals surface area contributed by atoms with E-state index in [2.05, 4.69) is 20.3 Å². The van der Waals surface area contributed by atoms with Gasteiger partial charge in [0.15, 0.2) is 0 Å². The molecule has 0 unspecified atom stereocenters. The predicted octanol–water partition coefficient (Wildman–Crippen LogP) is 2.92. The topological polar surface area (TPSA) is 79.9 Å². The van der Waals surface area contributed by atoms with Crippen LogP contribution in [0.1, 0.15) is 12.6 Å². The lowest BCUT2D eigenvalue weighted by Gasteiger charge is -2.05. The Balaban J connectivity index is 1.97. The van der Waals surface area contributed by atoms with Crippen LogP contribution in [0.15, 0.2) is 30.6 Å². The highest BCUT2D eigenvalue weighted by atomic mass is 35.5. The van der Waals surface area contributed by atoms with E-state index in [0.29, 0.717) is 23.1 Å². The van der Waals surface area contributed by atoms with Crippen LogP contribution in [0.25, 0.3) is 22.2 Å². The highest BCUT2D eigenvalue weighted by Crippen LogP contribution is 2.31. The maximum atomic E-state index is 11.0. The number of rotatable bonds is 4. The first kappa shape index (κ1) is 15.3. The molecule has 0 bridgehead atoms. The predicted molar refractivity (Wildman–Crippen MR) is 88.4 cm³/mol. The van der Waals surface area contributed by atoms with Crippen molar-refractivity contribution in [1.29, 1.82) is 0 Å². The second-order valence-electron chi connectivity index (χ2n) is 5.07. The average Bonchev–Trinajstić information content (AvgIpc) is 2.94. The van der Waals surface area contributed by atoms with E-state index in [1.807, 2.05) is 18.2 Å². The van der Waals surface area contributed by atoms with Gasteiger partial charge in [0.1, 0.15) is 0 Å². The molecule has 7 heteroatoms. The largest absolute Gasteiger partial charge is 0.480 e. The zero-order valence-electron chi connectivity index (χ0n) is 12.7. The van der Waals surface area contributed by atoms with Gasteiger partial charge in [0.2, 0.25) is 11.8 Å². The Kier molecular flexibility index (Phi) is 4.16. The van der Waals surface area contributed by atoms with Crippen LogP contribution in [-0.2, 0) is 11.3 Å². The summed E-state index contributed by atoms with van der Waals surface area (Å²) in [6, 6.07) is 5.75. The summed E-state index contributed by atoms with van der Waals surface area (Å²) in [5, 5.41) is 4.31. The maximum Gasteiger partial charge on any atom is 0.232 e. The Hall–Kier alpha value is -2.60. The Labute approximate surface area is 137 Å². The number of methoxy groups -OCH3 is 1. The first-order valence-corrected chi connectivity index (χ1v) is 7.36. The van der Waals surface area contributed by atoms with Gasteiger partial charge in [0, 0.05) is 29.1 Å². The zero-order chi connectivity index (χ0) is 16.4. The quantitative estimate of drug-likeness (QED) is 0.770. The fraction of sp³-hybridized carbons (Fsp3) is 0.188. The third-order valence-electron chi connectivity index (χ3n) is 3.41. The highest BCUT2D eigenvalue weighted by molar-refractivity contribution is 6.34. The van der Waals surface area contributed by atoms with Crippen LogP contribution in [0.4, 0.5) is 0 Å². The maximum absolute atomic E-state index is 11.0. The van der Waals surface area contributed by atoms with Gasteiger partial charge >= 0.3 is 0 Å². The molecule has 0 aliphatic carbocycles. The van der Waals surface area contributed by atoms with Crippen molar-refractivity contribution in [2.45, 2.75) is 13.5 Å². The van der Waals surface area contributed by atoms with Crippen LogP contribution in [0.5, 0.6) is 5.88 Å². The molecule has 2 heterocycles. The number of hydrogen-bond donors (Lipinski definition) is 2. The molecule has 118 valence electrons. The molecule has 3 rings (SSSR count). The van der Waals surface area contributed by atoms with Crippen molar-refractivity contribution < 1.29 is 9.53 Å². The number of nitrogens with zero attached hydrogens (tertiary/aromatic N) is 2. The summed E-state index contributed by atoms with van der Waals surface area (Å²) >= 11 is 6.37. The molecule has 0 saturated heterocycles. The lowest BCUT2D eigenvalue weighted by molar-refractivity contribution is -0.119. The Bertz CT molecular complexity index is 858. The van der Waals surface area contributed by atoms with Crippen molar-refractivity contribution in [3.05, 3.63) is 41.3 Å². The second kappa shape index (κ2) is 6.26. The standard InChI is InChI=1S/C16H15ClN4O2/c1-9(22)18-6-11-3-10-4-13(17)12(5-14(10)21-11)15-7-20-16(23-2)8-19-15/h3-5,7-8,21H,6H2,1-2H3,(H,18,22). The van der Waals surface area contributed by atoms with Crippen LogP contribution in [0.2, 0.25) is 5.02 Å². The first-order valence-electron chi connectivity index (χ1n) is 6.99. The average molecular weight is 331 g/mol. The van der Waals surface area contributed by atoms with Crippen LogP contribution >= 0.6 is 11.6 Å². The zero-order valence-corrected chi connectivity index (χ0v) is 13.4. The van der Waals surface area contributed by atoms with Gasteiger partial charge in [-0.05, 0) is 18.2 Å². The van der Waals surface area contributed by atoms with E-state index in [4.69, 9.17) is 16.3 Å². The minimum atomic E-state index is -0.0733. The lowest BCUT2D eigenvalue weighted by Crippen LogP contribution is -2.18. The Morgan fingerprint density at radius 2 is 2.13 bits per heavy atom. The van der Waals surface area contributed by atoms with Crippen LogP contribution in [0.3, 0.4) is 0 Å². The molecule has 0 fully saturated rings. The third kappa shape index (κ3) is 3.27. The van der Waals surface area contributed by atoms with Gasteiger partial charge in [-0.3, -0.25) is 4.79 Å². The molecule has 2 N–H and O–H groups in total. The monoisotopic (exact) mass is 330 g/mol. The molecule has 1 aromatic carbocycles. The number of halogens is 1. The van der Waals surface area contributed by atoms with Crippen molar-refractivity contribution in [2.24, 2.45) is 0 Å². The van der Waals surface area contributed by atoms with E-state index >= 15 is 0 Å². The summed E-state index contributed by atoms with van der Waals surface area (Å²) < 4.78 is 5.01.